The number of nitrogens with zero attached hydrogens (tertiary/aromatic N) is 3. The van der Waals surface area contributed by atoms with Crippen LogP contribution in [0.5, 0.6) is 0 Å². The number of aromatic nitrogens is 2. The van der Waals surface area contributed by atoms with Crippen LogP contribution in [0.1, 0.15) is 36.5 Å². The van der Waals surface area contributed by atoms with Gasteiger partial charge in [0.15, 0.2) is 0 Å². The van der Waals surface area contributed by atoms with Crippen LogP contribution in [0.15, 0.2) is 121 Å². The van der Waals surface area contributed by atoms with Crippen LogP contribution in [0, 0.1) is 11.3 Å². The van der Waals surface area contributed by atoms with Crippen molar-refractivity contribution in [1.29, 1.82) is 5.26 Å². The SMILES string of the molecule is C/C(C#N)=C1\C2=C(CCC(c3ccc4c(ccc5cc(-c6cc7ccccc7cn6)cnc54)c3)=C2)c2ccccc21. The number of benzene rings is 4. The number of hydrogen-bond acceptors (Lipinski definition) is 3. The predicted octanol–water partition coefficient (Wildman–Crippen LogP) is 9.54. The first-order valence-corrected chi connectivity index (χ1v) is 14.0. The lowest BCUT2D eigenvalue weighted by Gasteiger charge is -2.18. The Morgan fingerprint density at radius 2 is 1.49 bits per heavy atom. The maximum Gasteiger partial charge on any atom is 0.0950 e. The van der Waals surface area contributed by atoms with Gasteiger partial charge in [0.05, 0.1) is 17.3 Å². The first kappa shape index (κ1) is 23.5. The fourth-order valence-corrected chi connectivity index (χ4v) is 6.54. The van der Waals surface area contributed by atoms with Crippen molar-refractivity contribution in [2.45, 2.75) is 19.8 Å². The third kappa shape index (κ3) is 3.72. The van der Waals surface area contributed by atoms with Gasteiger partial charge in [-0.2, -0.15) is 5.26 Å². The van der Waals surface area contributed by atoms with E-state index in [-0.39, 0.29) is 0 Å². The highest BCUT2D eigenvalue weighted by molar-refractivity contribution is 6.08. The van der Waals surface area contributed by atoms with Gasteiger partial charge >= 0.3 is 0 Å². The van der Waals surface area contributed by atoms with Gasteiger partial charge in [-0.05, 0) is 82.1 Å². The van der Waals surface area contributed by atoms with E-state index in [0.29, 0.717) is 0 Å². The van der Waals surface area contributed by atoms with Crippen LogP contribution in [0.25, 0.3) is 60.4 Å². The average Bonchev–Trinajstić information content (AvgIpc) is 3.37. The number of hydrogen-bond donors (Lipinski definition) is 0. The quantitative estimate of drug-likeness (QED) is 0.168. The smallest absolute Gasteiger partial charge is 0.0950 e. The summed E-state index contributed by atoms with van der Waals surface area (Å²) in [7, 11) is 0. The highest BCUT2D eigenvalue weighted by atomic mass is 14.7. The standard InChI is InChI=1S/C38H25N3/c1-23(20-39)37-34-9-5-4-8-32(34)33-15-13-26(18-35(33)37)25-12-14-31-27(16-25)10-11-28-17-30(22-41-38(28)31)36-19-24-6-2-3-7-29(24)21-40-36/h2-12,14,16-19,21-22H,13,15H2,1H3/b37-23+. The topological polar surface area (TPSA) is 49.6 Å². The van der Waals surface area contributed by atoms with Gasteiger partial charge in [-0.3, -0.25) is 9.97 Å². The lowest BCUT2D eigenvalue weighted by Crippen LogP contribution is -1.96. The molecule has 8 rings (SSSR count). The average molecular weight is 524 g/mol. The molecule has 0 saturated heterocycles. The molecule has 6 aromatic rings. The molecule has 192 valence electrons. The van der Waals surface area contributed by atoms with Gasteiger partial charge in [-0.25, -0.2) is 0 Å². The molecule has 4 aromatic carbocycles. The van der Waals surface area contributed by atoms with Crippen molar-refractivity contribution in [2.24, 2.45) is 0 Å². The zero-order valence-electron chi connectivity index (χ0n) is 22.6. The molecule has 0 saturated carbocycles. The third-order valence-electron chi connectivity index (χ3n) is 8.59. The van der Waals surface area contributed by atoms with Crippen LogP contribution in [0.2, 0.25) is 0 Å². The highest BCUT2D eigenvalue weighted by Gasteiger charge is 2.29. The molecular formula is C38H25N3. The molecule has 0 N–H and O–H groups in total. The van der Waals surface area contributed by atoms with E-state index in [1.165, 1.54) is 44.2 Å². The van der Waals surface area contributed by atoms with E-state index in [2.05, 4.69) is 97.1 Å². The van der Waals surface area contributed by atoms with Gasteiger partial charge < -0.3 is 0 Å². The molecule has 3 nitrogen and oxygen atoms in total. The van der Waals surface area contributed by atoms with E-state index in [4.69, 9.17) is 9.97 Å². The van der Waals surface area contributed by atoms with E-state index in [9.17, 15) is 5.26 Å². The Hall–Kier alpha value is -5.33. The van der Waals surface area contributed by atoms with Crippen molar-refractivity contribution >= 4 is 49.2 Å². The van der Waals surface area contributed by atoms with E-state index in [1.54, 1.807) is 0 Å². The predicted molar refractivity (Wildman–Crippen MR) is 169 cm³/mol. The van der Waals surface area contributed by atoms with Gasteiger partial charge in [-0.15, -0.1) is 0 Å². The van der Waals surface area contributed by atoms with E-state index in [1.807, 2.05) is 25.4 Å². The van der Waals surface area contributed by atoms with Crippen molar-refractivity contribution in [3.63, 3.8) is 0 Å². The first-order valence-electron chi connectivity index (χ1n) is 14.0. The van der Waals surface area contributed by atoms with Crippen molar-refractivity contribution in [2.75, 3.05) is 0 Å². The molecule has 0 spiro atoms. The molecule has 0 amide bonds. The second-order valence-electron chi connectivity index (χ2n) is 10.9. The second kappa shape index (κ2) is 9.11. The van der Waals surface area contributed by atoms with E-state index >= 15 is 0 Å². The van der Waals surface area contributed by atoms with Crippen molar-refractivity contribution in [1.82, 2.24) is 9.97 Å². The summed E-state index contributed by atoms with van der Waals surface area (Å²) in [6, 6.07) is 34.6. The summed E-state index contributed by atoms with van der Waals surface area (Å²) < 4.78 is 0. The van der Waals surface area contributed by atoms with Crippen LogP contribution in [-0.2, 0) is 0 Å². The summed E-state index contributed by atoms with van der Waals surface area (Å²) in [5.41, 5.74) is 12.4. The zero-order valence-corrected chi connectivity index (χ0v) is 22.6. The monoisotopic (exact) mass is 523 g/mol. The molecule has 0 unspecified atom stereocenters. The Kier molecular flexibility index (Phi) is 5.23. The summed E-state index contributed by atoms with van der Waals surface area (Å²) in [6.07, 6.45) is 8.14. The summed E-state index contributed by atoms with van der Waals surface area (Å²) in [6.45, 7) is 1.93. The summed E-state index contributed by atoms with van der Waals surface area (Å²) in [4.78, 5) is 9.61. The van der Waals surface area contributed by atoms with Crippen LogP contribution in [-0.4, -0.2) is 9.97 Å². The number of rotatable bonds is 2. The van der Waals surface area contributed by atoms with Crippen LogP contribution >= 0.6 is 0 Å². The normalized spacial score (nSPS) is 15.6. The Morgan fingerprint density at radius 1 is 0.707 bits per heavy atom. The fourth-order valence-electron chi connectivity index (χ4n) is 6.54. The minimum Gasteiger partial charge on any atom is -0.256 e. The lowest BCUT2D eigenvalue weighted by molar-refractivity contribution is 1.07. The lowest BCUT2D eigenvalue weighted by atomic mass is 9.86. The summed E-state index contributed by atoms with van der Waals surface area (Å²) >= 11 is 0. The highest BCUT2D eigenvalue weighted by Crippen LogP contribution is 2.49. The van der Waals surface area contributed by atoms with Crippen LogP contribution < -0.4 is 0 Å². The third-order valence-corrected chi connectivity index (χ3v) is 8.59. The first-order chi connectivity index (χ1) is 20.2. The molecule has 2 aliphatic rings. The molecule has 0 bridgehead atoms. The molecule has 41 heavy (non-hydrogen) atoms. The number of allylic oxidation sites excluding steroid dienone is 6. The number of pyridine rings is 2. The largest absolute Gasteiger partial charge is 0.256 e. The maximum absolute atomic E-state index is 9.76. The molecule has 2 aromatic heterocycles. The molecule has 0 atom stereocenters. The molecule has 2 heterocycles. The molecule has 0 aliphatic heterocycles. The van der Waals surface area contributed by atoms with Gasteiger partial charge in [-0.1, -0.05) is 78.9 Å². The van der Waals surface area contributed by atoms with E-state index < -0.39 is 0 Å². The maximum atomic E-state index is 9.76. The minimum atomic E-state index is 0.772. The Morgan fingerprint density at radius 3 is 2.37 bits per heavy atom. The molecule has 3 heteroatoms. The van der Waals surface area contributed by atoms with Crippen LogP contribution in [0.3, 0.4) is 0 Å². The minimum absolute atomic E-state index is 0.772. The molecule has 2 aliphatic carbocycles. The van der Waals surface area contributed by atoms with Gasteiger partial charge in [0.2, 0.25) is 0 Å². The number of nitriles is 1. The molecule has 0 radical (unpaired) electrons. The van der Waals surface area contributed by atoms with Gasteiger partial charge in [0.1, 0.15) is 0 Å². The van der Waals surface area contributed by atoms with Crippen LogP contribution in [0.4, 0.5) is 0 Å². The van der Waals surface area contributed by atoms with Crippen molar-refractivity contribution < 1.29 is 0 Å². The Balaban J connectivity index is 1.19. The zero-order chi connectivity index (χ0) is 27.5. The van der Waals surface area contributed by atoms with Crippen molar-refractivity contribution in [3.05, 3.63) is 137 Å². The van der Waals surface area contributed by atoms with Crippen molar-refractivity contribution in [3.8, 4) is 17.3 Å². The summed E-state index contributed by atoms with van der Waals surface area (Å²) in [5.74, 6) is 0. The van der Waals surface area contributed by atoms with Gasteiger partial charge in [0.25, 0.3) is 0 Å². The Labute approximate surface area is 238 Å². The molecule has 0 fully saturated rings. The van der Waals surface area contributed by atoms with Gasteiger partial charge in [0, 0.05) is 45.3 Å². The second-order valence-corrected chi connectivity index (χ2v) is 10.9. The molecular weight excluding hydrogens is 498 g/mol. The summed E-state index contributed by atoms with van der Waals surface area (Å²) in [5, 5.41) is 15.5. The van der Waals surface area contributed by atoms with E-state index in [0.717, 1.165) is 56.9 Å². The fraction of sp³-hybridized carbons (Fsp3) is 0.0789. The Bertz CT molecular complexity index is 2220. The number of fused-ring (bicyclic) bond motifs is 6.